The number of ether oxygens (including phenoxy) is 1. The van der Waals surface area contributed by atoms with Gasteiger partial charge < -0.3 is 13.9 Å². The zero-order valence-electron chi connectivity index (χ0n) is 36.0. The smallest absolute Gasteiger partial charge is 0.211 e. The molecule has 3 heterocycles. The van der Waals surface area contributed by atoms with Crippen LogP contribution < -0.4 is 9.30 Å². The van der Waals surface area contributed by atoms with Gasteiger partial charge in [0.2, 0.25) is 12.2 Å². The number of aromatic nitrogens is 5. The van der Waals surface area contributed by atoms with E-state index >= 15 is 0 Å². The van der Waals surface area contributed by atoms with Crippen LogP contribution in [0.4, 0.5) is 0 Å². The number of pyridine rings is 1. The number of para-hydroxylation sites is 1. The maximum absolute atomic E-state index is 6.57. The van der Waals surface area contributed by atoms with Crippen LogP contribution in [0.5, 0.6) is 11.5 Å². The maximum Gasteiger partial charge on any atom is 0.211 e. The second-order valence-corrected chi connectivity index (χ2v) is 19.0. The van der Waals surface area contributed by atoms with Crippen molar-refractivity contribution in [1.82, 2.24) is 19.3 Å². The summed E-state index contributed by atoms with van der Waals surface area (Å²) in [5.41, 5.74) is 8.01. The molecule has 0 atom stereocenters. The van der Waals surface area contributed by atoms with Crippen molar-refractivity contribution in [2.75, 3.05) is 0 Å². The van der Waals surface area contributed by atoms with Crippen molar-refractivity contribution in [3.63, 3.8) is 0 Å². The third kappa shape index (κ3) is 8.17. The van der Waals surface area contributed by atoms with Crippen LogP contribution in [0.25, 0.3) is 39.0 Å². The van der Waals surface area contributed by atoms with E-state index in [0.29, 0.717) is 17.2 Å². The molecular formula is C52H53N5OPt-2. The van der Waals surface area contributed by atoms with Crippen molar-refractivity contribution < 1.29 is 30.4 Å². The third-order valence-corrected chi connectivity index (χ3v) is 11.2. The van der Waals surface area contributed by atoms with Crippen LogP contribution in [0.1, 0.15) is 104 Å². The van der Waals surface area contributed by atoms with E-state index in [0.717, 1.165) is 44.7 Å². The molecule has 0 amide bonds. The van der Waals surface area contributed by atoms with E-state index < -0.39 is 5.41 Å². The van der Waals surface area contributed by atoms with Crippen molar-refractivity contribution in [2.24, 2.45) is 0 Å². The Morgan fingerprint density at radius 3 is 1.90 bits per heavy atom. The first-order valence-corrected chi connectivity index (χ1v) is 20.2. The van der Waals surface area contributed by atoms with E-state index in [1.165, 1.54) is 16.7 Å². The van der Waals surface area contributed by atoms with Crippen molar-refractivity contribution >= 4 is 21.8 Å². The van der Waals surface area contributed by atoms with Crippen LogP contribution in [-0.2, 0) is 42.7 Å². The minimum absolute atomic E-state index is 0. The molecule has 0 saturated carbocycles. The zero-order chi connectivity index (χ0) is 41.2. The maximum atomic E-state index is 6.57. The van der Waals surface area contributed by atoms with Gasteiger partial charge in [-0.05, 0) is 72.9 Å². The van der Waals surface area contributed by atoms with Gasteiger partial charge in [-0.2, -0.15) is 22.9 Å². The minimum atomic E-state index is -0.458. The number of fused-ring (bicyclic) bond motifs is 3. The van der Waals surface area contributed by atoms with Gasteiger partial charge in [0.15, 0.2) is 0 Å². The summed E-state index contributed by atoms with van der Waals surface area (Å²) in [4.78, 5) is 4.84. The monoisotopic (exact) mass is 958 g/mol. The van der Waals surface area contributed by atoms with Crippen molar-refractivity contribution in [3.8, 4) is 28.7 Å². The molecule has 8 aromatic rings. The summed E-state index contributed by atoms with van der Waals surface area (Å²) in [6.45, 7) is 24.7. The molecular weight excluding hydrogens is 906 g/mol. The molecule has 0 radical (unpaired) electrons. The fourth-order valence-electron chi connectivity index (χ4n) is 7.50. The molecule has 0 saturated heterocycles. The largest absolute Gasteiger partial charge is 0.510 e. The molecule has 0 spiro atoms. The number of nitrogens with zero attached hydrogens (tertiary/aromatic N) is 5. The van der Waals surface area contributed by atoms with E-state index in [1.54, 1.807) is 4.68 Å². The van der Waals surface area contributed by atoms with Gasteiger partial charge in [0.25, 0.3) is 0 Å². The van der Waals surface area contributed by atoms with Gasteiger partial charge in [-0.15, -0.1) is 29.7 Å². The molecule has 7 heteroatoms. The Labute approximate surface area is 364 Å². The van der Waals surface area contributed by atoms with Crippen LogP contribution >= 0.6 is 0 Å². The summed E-state index contributed by atoms with van der Waals surface area (Å²) in [5.74, 6) is 2.84. The summed E-state index contributed by atoms with van der Waals surface area (Å²) < 4.78 is 12.7. The molecule has 304 valence electrons. The molecule has 8 rings (SSSR count). The average Bonchev–Trinajstić information content (AvgIpc) is 3.78. The molecule has 6 nitrogen and oxygen atoms in total. The fourth-order valence-corrected chi connectivity index (χ4v) is 7.50. The normalized spacial score (nSPS) is 12.5. The van der Waals surface area contributed by atoms with E-state index in [-0.39, 0.29) is 37.3 Å². The first kappa shape index (κ1) is 41.8. The quantitative estimate of drug-likeness (QED) is 0.118. The number of hydrogen-bond acceptors (Lipinski definition) is 3. The summed E-state index contributed by atoms with van der Waals surface area (Å²) >= 11 is 0. The summed E-state index contributed by atoms with van der Waals surface area (Å²) in [7, 11) is 0. The van der Waals surface area contributed by atoms with Gasteiger partial charge >= 0.3 is 0 Å². The zero-order valence-corrected chi connectivity index (χ0v) is 38.3. The Hall–Kier alpha value is -5.32. The Morgan fingerprint density at radius 1 is 0.576 bits per heavy atom. The SMILES string of the molecule is CC(C)(C)c1cc(-[n+]2[c-]n(-c3[c-]c(Oc4[c-]c5c(cc4)c4ccccc4n5-c4cc(C(C)(C)C)ccn4)ccc3)nc2C(C)(C)c2ccccc2)cc(C(C)(C)C)c1.[Pt]. The second-order valence-electron chi connectivity index (χ2n) is 19.0. The van der Waals surface area contributed by atoms with E-state index in [2.05, 4.69) is 195 Å². The molecule has 3 aromatic heterocycles. The Balaban J connectivity index is 0.00000528. The van der Waals surface area contributed by atoms with Gasteiger partial charge in [0.1, 0.15) is 5.82 Å². The molecule has 59 heavy (non-hydrogen) atoms. The summed E-state index contributed by atoms with van der Waals surface area (Å²) in [6.07, 6.45) is 5.53. The second kappa shape index (κ2) is 15.4. The van der Waals surface area contributed by atoms with Crippen molar-refractivity contribution in [3.05, 3.63) is 168 Å². The molecule has 0 fully saturated rings. The molecule has 0 aliphatic heterocycles. The van der Waals surface area contributed by atoms with Gasteiger partial charge in [0.05, 0.1) is 0 Å². The van der Waals surface area contributed by atoms with Crippen molar-refractivity contribution in [2.45, 2.75) is 97.8 Å². The van der Waals surface area contributed by atoms with Crippen molar-refractivity contribution in [1.29, 1.82) is 0 Å². The summed E-state index contributed by atoms with van der Waals surface area (Å²) in [5, 5.41) is 7.51. The first-order chi connectivity index (χ1) is 27.4. The molecule has 0 N–H and O–H groups in total. The van der Waals surface area contributed by atoms with E-state index in [4.69, 9.17) is 14.8 Å². The number of rotatable bonds is 7. The van der Waals surface area contributed by atoms with Crippen LogP contribution in [0.3, 0.4) is 0 Å². The van der Waals surface area contributed by atoms with Crippen LogP contribution in [-0.4, -0.2) is 19.3 Å². The predicted octanol–water partition coefficient (Wildman–Crippen LogP) is 12.0. The molecule has 0 aliphatic carbocycles. The van der Waals surface area contributed by atoms with E-state index in [1.807, 2.05) is 30.5 Å². The van der Waals surface area contributed by atoms with Gasteiger partial charge in [-0.3, -0.25) is 0 Å². The van der Waals surface area contributed by atoms with Crippen LogP contribution in [0.15, 0.2) is 121 Å². The van der Waals surface area contributed by atoms with Crippen LogP contribution in [0, 0.1) is 18.5 Å². The predicted molar refractivity (Wildman–Crippen MR) is 235 cm³/mol. The van der Waals surface area contributed by atoms with Gasteiger partial charge in [-0.1, -0.05) is 148 Å². The average molecular weight is 959 g/mol. The first-order valence-electron chi connectivity index (χ1n) is 20.2. The number of benzene rings is 5. The molecule has 0 bridgehead atoms. The van der Waals surface area contributed by atoms with Gasteiger partial charge in [-0.25, -0.2) is 4.98 Å². The van der Waals surface area contributed by atoms with Gasteiger partial charge in [0, 0.05) is 55.4 Å². The number of hydrogen-bond donors (Lipinski definition) is 0. The molecule has 0 aliphatic rings. The van der Waals surface area contributed by atoms with E-state index in [9.17, 15) is 0 Å². The Morgan fingerprint density at radius 2 is 1.22 bits per heavy atom. The fraction of sp³-hybridized carbons (Fsp3) is 0.288. The minimum Gasteiger partial charge on any atom is -0.510 e. The summed E-state index contributed by atoms with van der Waals surface area (Å²) in [6, 6.07) is 47.2. The third-order valence-electron chi connectivity index (χ3n) is 11.2. The Kier molecular flexibility index (Phi) is 10.9. The Bertz CT molecular complexity index is 2760. The standard InChI is InChI=1S/C52H53N5O.Pt/c1-49(2,3)36-26-27-53-47(31-36)57-45-23-16-15-22-43(45)44-25-24-42(33-46(44)57)58-41-21-17-20-39(32-41)56-34-55(48(54-56)52(10,11)35-18-13-12-14-19-35)40-29-37(50(4,5)6)28-38(30-40)51(7,8)9;/h12-31H,1-11H3;/q-2;. The topological polar surface area (TPSA) is 48.8 Å². The molecule has 5 aromatic carbocycles. The van der Waals surface area contributed by atoms with Crippen LogP contribution in [0.2, 0.25) is 0 Å². The molecule has 0 unspecified atom stereocenters.